The molecule has 0 saturated heterocycles. The first-order valence-electron chi connectivity index (χ1n) is 8.15. The van der Waals surface area contributed by atoms with Gasteiger partial charge < -0.3 is 15.3 Å². The largest absolute Gasteiger partial charge is 0.389 e. The van der Waals surface area contributed by atoms with E-state index in [2.05, 4.69) is 11.4 Å². The highest BCUT2D eigenvalue weighted by atomic mass is 16.3. The van der Waals surface area contributed by atoms with Crippen molar-refractivity contribution < 1.29 is 9.90 Å². The quantitative estimate of drug-likeness (QED) is 0.850. The fourth-order valence-electron chi connectivity index (χ4n) is 2.51. The van der Waals surface area contributed by atoms with Crippen molar-refractivity contribution >= 4 is 6.03 Å². The van der Waals surface area contributed by atoms with Crippen LogP contribution in [0.5, 0.6) is 0 Å². The molecule has 0 aromatic heterocycles. The minimum Gasteiger partial charge on any atom is -0.389 e. The lowest BCUT2D eigenvalue weighted by Gasteiger charge is -2.29. The molecular formula is C20H23N3O2. The third-order valence-electron chi connectivity index (χ3n) is 3.58. The van der Waals surface area contributed by atoms with Crippen molar-refractivity contribution in [2.45, 2.75) is 32.5 Å². The highest BCUT2D eigenvalue weighted by Crippen LogP contribution is 2.11. The summed E-state index contributed by atoms with van der Waals surface area (Å²) in [6.07, 6.45) is 0. The fraction of sp³-hybridized carbons (Fsp3) is 0.300. The van der Waals surface area contributed by atoms with Gasteiger partial charge in [-0.25, -0.2) is 4.79 Å². The highest BCUT2D eigenvalue weighted by Gasteiger charge is 2.22. The fourth-order valence-corrected chi connectivity index (χ4v) is 2.51. The van der Waals surface area contributed by atoms with Crippen LogP contribution in [-0.4, -0.2) is 28.2 Å². The zero-order chi connectivity index (χ0) is 18.3. The maximum atomic E-state index is 12.6. The van der Waals surface area contributed by atoms with Crippen LogP contribution in [0.15, 0.2) is 54.6 Å². The Morgan fingerprint density at radius 1 is 1.16 bits per heavy atom. The van der Waals surface area contributed by atoms with Gasteiger partial charge in [0.05, 0.1) is 23.8 Å². The molecule has 0 heterocycles. The first kappa shape index (κ1) is 18.5. The molecule has 0 spiro atoms. The number of hydrogen-bond donors (Lipinski definition) is 2. The first-order chi connectivity index (χ1) is 11.9. The van der Waals surface area contributed by atoms with Crippen molar-refractivity contribution in [1.82, 2.24) is 10.2 Å². The van der Waals surface area contributed by atoms with Crippen molar-refractivity contribution in [3.63, 3.8) is 0 Å². The lowest BCUT2D eigenvalue weighted by Crippen LogP contribution is -2.46. The number of urea groups is 1. The number of carbonyl (C=O) groups excluding carboxylic acids is 1. The van der Waals surface area contributed by atoms with Crippen LogP contribution in [-0.2, 0) is 13.1 Å². The van der Waals surface area contributed by atoms with Crippen LogP contribution in [0, 0.1) is 11.3 Å². The van der Waals surface area contributed by atoms with Crippen LogP contribution >= 0.6 is 0 Å². The summed E-state index contributed by atoms with van der Waals surface area (Å²) in [4.78, 5) is 14.2. The van der Waals surface area contributed by atoms with Crippen LogP contribution in [0.3, 0.4) is 0 Å². The van der Waals surface area contributed by atoms with Gasteiger partial charge in [0, 0.05) is 13.1 Å². The monoisotopic (exact) mass is 337 g/mol. The molecule has 2 aromatic carbocycles. The van der Waals surface area contributed by atoms with Gasteiger partial charge in [-0.1, -0.05) is 42.5 Å². The van der Waals surface area contributed by atoms with Crippen LogP contribution in [0.2, 0.25) is 0 Å². The standard InChI is InChI=1S/C20H23N3O2/c1-20(2,25)15-23(14-16-7-4-3-5-8-16)19(24)22-13-18-10-6-9-17(11-18)12-21/h3-11,25H,13-15H2,1-2H3,(H,22,24). The molecule has 0 aliphatic rings. The van der Waals surface area contributed by atoms with E-state index in [0.717, 1.165) is 11.1 Å². The molecule has 2 aromatic rings. The molecule has 0 bridgehead atoms. The second-order valence-corrected chi connectivity index (χ2v) is 6.62. The lowest BCUT2D eigenvalue weighted by molar-refractivity contribution is 0.0446. The summed E-state index contributed by atoms with van der Waals surface area (Å²) in [5, 5.41) is 21.9. The van der Waals surface area contributed by atoms with Gasteiger partial charge >= 0.3 is 6.03 Å². The average Bonchev–Trinajstić information content (AvgIpc) is 2.59. The van der Waals surface area contributed by atoms with Gasteiger partial charge in [0.1, 0.15) is 0 Å². The van der Waals surface area contributed by atoms with E-state index in [1.807, 2.05) is 36.4 Å². The molecule has 0 fully saturated rings. The van der Waals surface area contributed by atoms with Gasteiger partial charge in [-0.15, -0.1) is 0 Å². The number of hydrogen-bond acceptors (Lipinski definition) is 3. The van der Waals surface area contributed by atoms with E-state index < -0.39 is 5.60 Å². The van der Waals surface area contributed by atoms with Gasteiger partial charge in [-0.2, -0.15) is 5.26 Å². The Hall–Kier alpha value is -2.84. The molecule has 2 N–H and O–H groups in total. The first-order valence-corrected chi connectivity index (χ1v) is 8.15. The number of nitrogens with one attached hydrogen (secondary N) is 1. The molecular weight excluding hydrogens is 314 g/mol. The molecule has 0 aliphatic heterocycles. The maximum Gasteiger partial charge on any atom is 0.318 e. The number of amides is 2. The molecule has 2 amide bonds. The van der Waals surface area contributed by atoms with Gasteiger partial charge in [0.2, 0.25) is 0 Å². The molecule has 5 nitrogen and oxygen atoms in total. The third kappa shape index (κ3) is 6.28. The Kier molecular flexibility index (Phi) is 6.15. The van der Waals surface area contributed by atoms with Gasteiger partial charge in [-0.3, -0.25) is 0 Å². The summed E-state index contributed by atoms with van der Waals surface area (Å²) >= 11 is 0. The molecule has 25 heavy (non-hydrogen) atoms. The number of benzene rings is 2. The molecule has 0 unspecified atom stereocenters. The Labute approximate surface area is 148 Å². The summed E-state index contributed by atoms with van der Waals surface area (Å²) in [6.45, 7) is 4.30. The van der Waals surface area contributed by atoms with Gasteiger partial charge in [-0.05, 0) is 37.1 Å². The second-order valence-electron chi connectivity index (χ2n) is 6.62. The van der Waals surface area contributed by atoms with Crippen LogP contribution in [0.25, 0.3) is 0 Å². The number of rotatable bonds is 6. The summed E-state index contributed by atoms with van der Waals surface area (Å²) in [5.41, 5.74) is 1.42. The van der Waals surface area contributed by atoms with E-state index in [0.29, 0.717) is 18.7 Å². The molecule has 0 saturated carbocycles. The number of nitrogens with zero attached hydrogens (tertiary/aromatic N) is 2. The van der Waals surface area contributed by atoms with Crippen molar-refractivity contribution in [2.24, 2.45) is 0 Å². The zero-order valence-electron chi connectivity index (χ0n) is 14.6. The average molecular weight is 337 g/mol. The summed E-state index contributed by atoms with van der Waals surface area (Å²) in [5.74, 6) is 0. The topological polar surface area (TPSA) is 76.4 Å². The maximum absolute atomic E-state index is 12.6. The van der Waals surface area contributed by atoms with Crippen molar-refractivity contribution in [3.05, 3.63) is 71.3 Å². The van der Waals surface area contributed by atoms with Crippen LogP contribution < -0.4 is 5.32 Å². The smallest absolute Gasteiger partial charge is 0.318 e. The summed E-state index contributed by atoms with van der Waals surface area (Å²) in [7, 11) is 0. The Balaban J connectivity index is 2.05. The Morgan fingerprint density at radius 2 is 1.84 bits per heavy atom. The normalized spacial score (nSPS) is 10.8. The number of carbonyl (C=O) groups is 1. The minimum absolute atomic E-state index is 0.214. The SMILES string of the molecule is CC(C)(O)CN(Cc1ccccc1)C(=O)NCc1cccc(C#N)c1. The number of nitriles is 1. The molecule has 0 radical (unpaired) electrons. The van der Waals surface area contributed by atoms with E-state index in [9.17, 15) is 9.90 Å². The predicted octanol–water partition coefficient (Wildman–Crippen LogP) is 3.04. The molecule has 130 valence electrons. The zero-order valence-corrected chi connectivity index (χ0v) is 14.6. The minimum atomic E-state index is -0.993. The molecule has 0 aliphatic carbocycles. The number of aliphatic hydroxyl groups is 1. The van der Waals surface area contributed by atoms with Gasteiger partial charge in [0.25, 0.3) is 0 Å². The van der Waals surface area contributed by atoms with Gasteiger partial charge in [0.15, 0.2) is 0 Å². The van der Waals surface area contributed by atoms with Crippen molar-refractivity contribution in [3.8, 4) is 6.07 Å². The van der Waals surface area contributed by atoms with Crippen LogP contribution in [0.1, 0.15) is 30.5 Å². The van der Waals surface area contributed by atoms with E-state index in [1.165, 1.54) is 0 Å². The van der Waals surface area contributed by atoms with E-state index in [-0.39, 0.29) is 12.6 Å². The predicted molar refractivity (Wildman–Crippen MR) is 96.5 cm³/mol. The molecule has 0 atom stereocenters. The summed E-state index contributed by atoms with van der Waals surface area (Å²) in [6, 6.07) is 18.6. The van der Waals surface area contributed by atoms with Crippen LogP contribution in [0.4, 0.5) is 4.79 Å². The molecule has 5 heteroatoms. The highest BCUT2D eigenvalue weighted by molar-refractivity contribution is 5.74. The third-order valence-corrected chi connectivity index (χ3v) is 3.58. The Morgan fingerprint density at radius 3 is 2.48 bits per heavy atom. The molecule has 2 rings (SSSR count). The van der Waals surface area contributed by atoms with Crippen molar-refractivity contribution in [2.75, 3.05) is 6.54 Å². The van der Waals surface area contributed by atoms with E-state index >= 15 is 0 Å². The van der Waals surface area contributed by atoms with E-state index in [4.69, 9.17) is 5.26 Å². The lowest BCUT2D eigenvalue weighted by atomic mass is 10.1. The van der Waals surface area contributed by atoms with Crippen molar-refractivity contribution in [1.29, 1.82) is 5.26 Å². The Bertz CT molecular complexity index is 746. The summed E-state index contributed by atoms with van der Waals surface area (Å²) < 4.78 is 0. The van der Waals surface area contributed by atoms with E-state index in [1.54, 1.807) is 36.9 Å². The second kappa shape index (κ2) is 8.32.